The van der Waals surface area contributed by atoms with Gasteiger partial charge in [-0.15, -0.1) is 0 Å². The lowest BCUT2D eigenvalue weighted by Crippen LogP contribution is -2.37. The normalized spacial score (nSPS) is 11.4. The van der Waals surface area contributed by atoms with Gasteiger partial charge in [0.2, 0.25) is 0 Å². The Hall–Kier alpha value is -1.89. The number of nitrogens with zero attached hydrogens (tertiary/aromatic N) is 4. The summed E-state index contributed by atoms with van der Waals surface area (Å²) in [6.45, 7) is 3.33. The van der Waals surface area contributed by atoms with Crippen LogP contribution < -0.4 is 17.0 Å². The Labute approximate surface area is 116 Å². The summed E-state index contributed by atoms with van der Waals surface area (Å²) in [6.07, 6.45) is 2.41. The van der Waals surface area contributed by atoms with Gasteiger partial charge in [0.25, 0.3) is 5.56 Å². The predicted octanol–water partition coefficient (Wildman–Crippen LogP) is -0.265. The van der Waals surface area contributed by atoms with Crippen LogP contribution in [0.3, 0.4) is 0 Å². The van der Waals surface area contributed by atoms with Crippen LogP contribution in [-0.2, 0) is 27.1 Å². The average Bonchev–Trinajstić information content (AvgIpc) is 2.80. The van der Waals surface area contributed by atoms with Crippen LogP contribution in [0.4, 0.5) is 0 Å². The first kappa shape index (κ1) is 14.5. The molecule has 0 aliphatic carbocycles. The van der Waals surface area contributed by atoms with Crippen LogP contribution in [0.15, 0.2) is 9.59 Å². The summed E-state index contributed by atoms with van der Waals surface area (Å²) in [5.41, 5.74) is 5.86. The molecule has 0 atom stereocenters. The molecule has 0 aromatic carbocycles. The SMILES string of the molecule is CCCn1c(CCCN)nc2c1c(=O)n(C)c(=O)n2C. The van der Waals surface area contributed by atoms with Gasteiger partial charge in [-0.3, -0.25) is 13.9 Å². The molecular weight excluding hydrogens is 258 g/mol. The predicted molar refractivity (Wildman–Crippen MR) is 77.9 cm³/mol. The highest BCUT2D eigenvalue weighted by molar-refractivity contribution is 5.71. The van der Waals surface area contributed by atoms with Crippen molar-refractivity contribution in [1.82, 2.24) is 18.7 Å². The Morgan fingerprint density at radius 1 is 1.20 bits per heavy atom. The molecule has 20 heavy (non-hydrogen) atoms. The van der Waals surface area contributed by atoms with Gasteiger partial charge in [0.1, 0.15) is 5.82 Å². The first-order valence-corrected chi connectivity index (χ1v) is 6.88. The van der Waals surface area contributed by atoms with Gasteiger partial charge >= 0.3 is 5.69 Å². The van der Waals surface area contributed by atoms with E-state index in [4.69, 9.17) is 5.73 Å². The Balaban J connectivity index is 2.80. The van der Waals surface area contributed by atoms with Crippen LogP contribution in [0.1, 0.15) is 25.6 Å². The van der Waals surface area contributed by atoms with E-state index in [1.54, 1.807) is 7.05 Å². The summed E-state index contributed by atoms with van der Waals surface area (Å²) in [5.74, 6) is 0.825. The van der Waals surface area contributed by atoms with Gasteiger partial charge in [-0.05, 0) is 19.4 Å². The maximum absolute atomic E-state index is 12.3. The summed E-state index contributed by atoms with van der Waals surface area (Å²) in [7, 11) is 3.13. The summed E-state index contributed by atoms with van der Waals surface area (Å²) in [5, 5.41) is 0. The molecule has 0 saturated heterocycles. The van der Waals surface area contributed by atoms with Crippen molar-refractivity contribution in [3.63, 3.8) is 0 Å². The molecule has 0 aliphatic heterocycles. The molecule has 110 valence electrons. The van der Waals surface area contributed by atoms with Crippen molar-refractivity contribution in [1.29, 1.82) is 0 Å². The zero-order valence-corrected chi connectivity index (χ0v) is 12.2. The van der Waals surface area contributed by atoms with Gasteiger partial charge < -0.3 is 10.3 Å². The van der Waals surface area contributed by atoms with Gasteiger partial charge in [-0.2, -0.15) is 0 Å². The first-order valence-electron chi connectivity index (χ1n) is 6.88. The third kappa shape index (κ3) is 2.18. The van der Waals surface area contributed by atoms with E-state index in [2.05, 4.69) is 4.98 Å². The van der Waals surface area contributed by atoms with Crippen molar-refractivity contribution in [3.05, 3.63) is 26.7 Å². The minimum Gasteiger partial charge on any atom is -0.330 e. The monoisotopic (exact) mass is 279 g/mol. The molecule has 0 radical (unpaired) electrons. The second kappa shape index (κ2) is 5.62. The van der Waals surface area contributed by atoms with Gasteiger partial charge in [0, 0.05) is 27.1 Å². The molecule has 0 fully saturated rings. The van der Waals surface area contributed by atoms with Crippen molar-refractivity contribution in [3.8, 4) is 0 Å². The Bertz CT molecular complexity index is 738. The maximum Gasteiger partial charge on any atom is 0.332 e. The van der Waals surface area contributed by atoms with E-state index >= 15 is 0 Å². The molecule has 0 spiro atoms. The van der Waals surface area contributed by atoms with E-state index in [-0.39, 0.29) is 11.2 Å². The molecule has 0 unspecified atom stereocenters. The molecule has 2 aromatic rings. The molecule has 2 N–H and O–H groups in total. The zero-order valence-electron chi connectivity index (χ0n) is 12.2. The van der Waals surface area contributed by atoms with E-state index in [0.717, 1.165) is 23.2 Å². The molecule has 2 rings (SSSR count). The topological polar surface area (TPSA) is 87.8 Å². The van der Waals surface area contributed by atoms with E-state index in [0.29, 0.717) is 30.7 Å². The highest BCUT2D eigenvalue weighted by Crippen LogP contribution is 2.13. The van der Waals surface area contributed by atoms with E-state index in [1.807, 2.05) is 11.5 Å². The lowest BCUT2D eigenvalue weighted by Gasteiger charge is -2.07. The standard InChI is InChI=1S/C13H21N5O2/c1-4-8-18-9(6-5-7-14)15-11-10(18)12(19)17(3)13(20)16(11)2/h4-8,14H2,1-3H3. The van der Waals surface area contributed by atoms with Gasteiger partial charge in [-0.1, -0.05) is 6.92 Å². The molecule has 7 nitrogen and oxygen atoms in total. The quantitative estimate of drug-likeness (QED) is 0.816. The van der Waals surface area contributed by atoms with Crippen molar-refractivity contribution < 1.29 is 0 Å². The lowest BCUT2D eigenvalue weighted by molar-refractivity contribution is 0.634. The third-order valence-electron chi connectivity index (χ3n) is 3.48. The van der Waals surface area contributed by atoms with Gasteiger partial charge in [0.15, 0.2) is 11.2 Å². The smallest absolute Gasteiger partial charge is 0.330 e. The van der Waals surface area contributed by atoms with Crippen LogP contribution in [0.25, 0.3) is 11.2 Å². The minimum absolute atomic E-state index is 0.289. The van der Waals surface area contributed by atoms with E-state index in [9.17, 15) is 9.59 Å². The third-order valence-corrected chi connectivity index (χ3v) is 3.48. The number of fused-ring (bicyclic) bond motifs is 1. The largest absolute Gasteiger partial charge is 0.332 e. The molecule has 7 heteroatoms. The molecule has 2 heterocycles. The van der Waals surface area contributed by atoms with Crippen LogP contribution in [0.2, 0.25) is 0 Å². The van der Waals surface area contributed by atoms with E-state index < -0.39 is 0 Å². The minimum atomic E-state index is -0.353. The van der Waals surface area contributed by atoms with Crippen LogP contribution >= 0.6 is 0 Å². The van der Waals surface area contributed by atoms with Gasteiger partial charge in [-0.25, -0.2) is 9.78 Å². The Kier molecular flexibility index (Phi) is 4.08. The highest BCUT2D eigenvalue weighted by Gasteiger charge is 2.17. The fourth-order valence-corrected chi connectivity index (χ4v) is 2.41. The second-order valence-electron chi connectivity index (χ2n) is 4.95. The molecule has 0 bridgehead atoms. The number of hydrogen-bond donors (Lipinski definition) is 1. The van der Waals surface area contributed by atoms with Crippen LogP contribution in [-0.4, -0.2) is 25.2 Å². The summed E-state index contributed by atoms with van der Waals surface area (Å²) in [4.78, 5) is 28.8. The fraction of sp³-hybridized carbons (Fsp3) is 0.615. The number of hydrogen-bond acceptors (Lipinski definition) is 4. The Morgan fingerprint density at radius 2 is 1.90 bits per heavy atom. The number of imidazole rings is 1. The number of rotatable bonds is 5. The number of aryl methyl sites for hydroxylation is 3. The molecule has 0 saturated carbocycles. The number of nitrogens with two attached hydrogens (primary N) is 1. The van der Waals surface area contributed by atoms with Crippen molar-refractivity contribution in [2.45, 2.75) is 32.7 Å². The first-order chi connectivity index (χ1) is 9.52. The van der Waals surface area contributed by atoms with Crippen LogP contribution in [0, 0.1) is 0 Å². The summed E-state index contributed by atoms with van der Waals surface area (Å²) >= 11 is 0. The molecule has 0 aliphatic rings. The fourth-order valence-electron chi connectivity index (χ4n) is 2.41. The zero-order chi connectivity index (χ0) is 14.9. The second-order valence-corrected chi connectivity index (χ2v) is 4.95. The summed E-state index contributed by atoms with van der Waals surface area (Å²) in [6, 6.07) is 0. The maximum atomic E-state index is 12.3. The van der Waals surface area contributed by atoms with E-state index in [1.165, 1.54) is 11.6 Å². The van der Waals surface area contributed by atoms with Crippen molar-refractivity contribution in [2.75, 3.05) is 6.54 Å². The average molecular weight is 279 g/mol. The van der Waals surface area contributed by atoms with Crippen molar-refractivity contribution >= 4 is 11.2 Å². The lowest BCUT2D eigenvalue weighted by atomic mass is 10.3. The van der Waals surface area contributed by atoms with Gasteiger partial charge in [0.05, 0.1) is 0 Å². The molecular formula is C13H21N5O2. The summed E-state index contributed by atoms with van der Waals surface area (Å²) < 4.78 is 4.48. The van der Waals surface area contributed by atoms with Crippen molar-refractivity contribution in [2.24, 2.45) is 19.8 Å². The number of aromatic nitrogens is 4. The Morgan fingerprint density at radius 3 is 2.50 bits per heavy atom. The van der Waals surface area contributed by atoms with Crippen LogP contribution in [0.5, 0.6) is 0 Å². The highest BCUT2D eigenvalue weighted by atomic mass is 16.2. The molecule has 0 amide bonds. The molecule has 2 aromatic heterocycles.